The third kappa shape index (κ3) is 6.71. The van der Waals surface area contributed by atoms with Crippen LogP contribution in [0, 0.1) is 6.92 Å². The van der Waals surface area contributed by atoms with Crippen molar-refractivity contribution >= 4 is 35.3 Å². The van der Waals surface area contributed by atoms with Gasteiger partial charge in [-0.15, -0.1) is 0 Å². The number of hydrogen-bond acceptors (Lipinski definition) is 7. The number of benzene rings is 1. The Hall–Kier alpha value is -2.66. The first kappa shape index (κ1) is 22.6. The molecule has 0 aliphatic rings. The number of rotatable bonds is 7. The lowest BCUT2D eigenvalue weighted by Crippen LogP contribution is -2.42. The van der Waals surface area contributed by atoms with E-state index in [4.69, 9.17) is 9.79 Å². The van der Waals surface area contributed by atoms with E-state index in [1.807, 2.05) is 4.72 Å². The van der Waals surface area contributed by atoms with Gasteiger partial charge in [0.2, 0.25) is 0 Å². The van der Waals surface area contributed by atoms with Crippen LogP contribution in [-0.2, 0) is 14.6 Å². The second kappa shape index (κ2) is 8.78. The van der Waals surface area contributed by atoms with E-state index in [1.54, 1.807) is 20.8 Å². The molecule has 11 nitrogen and oxygen atoms in total. The van der Waals surface area contributed by atoms with Gasteiger partial charge in [0.15, 0.2) is 0 Å². The molecule has 0 saturated heterocycles. The van der Waals surface area contributed by atoms with Gasteiger partial charge in [-0.2, -0.15) is 0 Å². The number of hydrogen-bond donors (Lipinski definition) is 5. The summed E-state index contributed by atoms with van der Waals surface area (Å²) in [5, 5.41) is 5.31. The fraction of sp³-hybridized carbons (Fsp3) is 0.250. The summed E-state index contributed by atoms with van der Waals surface area (Å²) in [7, 11) is -8.92. The number of urea groups is 1. The van der Waals surface area contributed by atoms with Gasteiger partial charge in [0.1, 0.15) is 10.6 Å². The topological polar surface area (TPSA) is 167 Å². The number of nitrogens with zero attached hydrogens (tertiary/aromatic N) is 1. The van der Waals surface area contributed by atoms with Crippen LogP contribution < -0.4 is 19.9 Å². The Balaban J connectivity index is 2.28. The van der Waals surface area contributed by atoms with Crippen LogP contribution in [0.1, 0.15) is 19.4 Å². The van der Waals surface area contributed by atoms with Gasteiger partial charge in [0, 0.05) is 24.1 Å². The van der Waals surface area contributed by atoms with E-state index in [9.17, 15) is 17.8 Å². The summed E-state index contributed by atoms with van der Waals surface area (Å²) in [5.74, 6) is -0.0153. The highest BCUT2D eigenvalue weighted by molar-refractivity contribution is 7.90. The largest absolute Gasteiger partial charge is 0.524 e. The van der Waals surface area contributed by atoms with Gasteiger partial charge >= 0.3 is 13.9 Å². The zero-order valence-corrected chi connectivity index (χ0v) is 17.5. The van der Waals surface area contributed by atoms with Crippen LogP contribution in [-0.4, -0.2) is 35.3 Å². The van der Waals surface area contributed by atoms with E-state index in [0.717, 1.165) is 6.20 Å². The Kier molecular flexibility index (Phi) is 6.85. The minimum Gasteiger partial charge on any atom is -0.404 e. The first-order chi connectivity index (χ1) is 13.4. The predicted molar refractivity (Wildman–Crippen MR) is 105 cm³/mol. The molecule has 0 bridgehead atoms. The molecule has 0 saturated carbocycles. The fourth-order valence-corrected chi connectivity index (χ4v) is 3.76. The number of anilines is 2. The van der Waals surface area contributed by atoms with Crippen molar-refractivity contribution in [3.8, 4) is 5.75 Å². The molecule has 0 aliphatic carbocycles. The zero-order chi connectivity index (χ0) is 21.8. The Morgan fingerprint density at radius 3 is 2.52 bits per heavy atom. The van der Waals surface area contributed by atoms with Crippen LogP contribution in [0.2, 0.25) is 0 Å². The highest BCUT2D eigenvalue weighted by Gasteiger charge is 2.22. The molecular weight excluding hydrogens is 423 g/mol. The van der Waals surface area contributed by atoms with E-state index < -0.39 is 23.9 Å². The number of phosphoric acid groups is 1. The number of carbonyl (C=O) groups is 1. The lowest BCUT2D eigenvalue weighted by Gasteiger charge is -2.15. The summed E-state index contributed by atoms with van der Waals surface area (Å²) < 4.78 is 42.6. The molecule has 1 heterocycles. The molecular formula is C16H21N4O7PS. The maximum atomic E-state index is 12.6. The van der Waals surface area contributed by atoms with E-state index in [1.165, 1.54) is 30.5 Å². The number of sulfonamides is 1. The molecule has 1 aromatic heterocycles. The van der Waals surface area contributed by atoms with E-state index >= 15 is 0 Å². The third-order valence-corrected chi connectivity index (χ3v) is 5.19. The van der Waals surface area contributed by atoms with Gasteiger partial charge in [0.25, 0.3) is 10.0 Å². The van der Waals surface area contributed by atoms with Crippen molar-refractivity contribution in [1.82, 2.24) is 15.0 Å². The van der Waals surface area contributed by atoms with Crippen LogP contribution in [0.25, 0.3) is 0 Å². The van der Waals surface area contributed by atoms with Gasteiger partial charge in [-0.1, -0.05) is 0 Å². The summed E-state index contributed by atoms with van der Waals surface area (Å²) in [6, 6.07) is 4.58. The maximum Gasteiger partial charge on any atom is 0.524 e. The highest BCUT2D eigenvalue weighted by Crippen LogP contribution is 2.39. The molecule has 29 heavy (non-hydrogen) atoms. The second-order valence-electron chi connectivity index (χ2n) is 6.29. The summed E-state index contributed by atoms with van der Waals surface area (Å²) in [4.78, 5) is 33.2. The van der Waals surface area contributed by atoms with Gasteiger partial charge in [-0.3, -0.25) is 14.8 Å². The number of nitrogens with one attached hydrogen (secondary N) is 3. The van der Waals surface area contributed by atoms with Gasteiger partial charge in [0.05, 0.1) is 5.69 Å². The number of amides is 2. The smallest absolute Gasteiger partial charge is 0.404 e. The van der Waals surface area contributed by atoms with Crippen molar-refractivity contribution in [2.75, 3.05) is 5.32 Å². The van der Waals surface area contributed by atoms with Crippen LogP contribution in [0.4, 0.5) is 16.2 Å². The van der Waals surface area contributed by atoms with Crippen LogP contribution in [0.5, 0.6) is 5.75 Å². The van der Waals surface area contributed by atoms with Crippen molar-refractivity contribution in [2.45, 2.75) is 31.7 Å². The minimum absolute atomic E-state index is 0.0153. The summed E-state index contributed by atoms with van der Waals surface area (Å²) >= 11 is 0. The maximum absolute atomic E-state index is 12.6. The highest BCUT2D eigenvalue weighted by atomic mass is 32.2. The number of aromatic nitrogens is 1. The molecule has 5 N–H and O–H groups in total. The minimum atomic E-state index is -4.70. The van der Waals surface area contributed by atoms with Crippen molar-refractivity contribution in [2.24, 2.45) is 0 Å². The van der Waals surface area contributed by atoms with Gasteiger partial charge in [-0.25, -0.2) is 22.5 Å². The van der Waals surface area contributed by atoms with E-state index in [0.29, 0.717) is 11.3 Å². The molecule has 13 heteroatoms. The molecule has 2 rings (SSSR count). The van der Waals surface area contributed by atoms with Gasteiger partial charge in [-0.05, 0) is 50.6 Å². The van der Waals surface area contributed by atoms with Crippen molar-refractivity contribution in [1.29, 1.82) is 0 Å². The van der Waals surface area contributed by atoms with Gasteiger partial charge < -0.3 is 15.2 Å². The van der Waals surface area contributed by atoms with Crippen molar-refractivity contribution in [3.63, 3.8) is 0 Å². The second-order valence-corrected chi connectivity index (χ2v) is 9.11. The summed E-state index contributed by atoms with van der Waals surface area (Å²) in [6.07, 6.45) is 2.46. The Bertz CT molecular complexity index is 1050. The molecule has 2 aromatic rings. The van der Waals surface area contributed by atoms with Crippen LogP contribution in [0.15, 0.2) is 41.6 Å². The average molecular weight is 444 g/mol. The predicted octanol–water partition coefficient (Wildman–Crippen LogP) is 2.00. The first-order valence-electron chi connectivity index (χ1n) is 8.27. The van der Waals surface area contributed by atoms with Crippen LogP contribution in [0.3, 0.4) is 0 Å². The zero-order valence-electron chi connectivity index (χ0n) is 15.8. The Morgan fingerprint density at radius 1 is 1.24 bits per heavy atom. The van der Waals surface area contributed by atoms with Crippen LogP contribution >= 0.6 is 7.82 Å². The first-order valence-corrected chi connectivity index (χ1v) is 11.3. The summed E-state index contributed by atoms with van der Waals surface area (Å²) in [5.41, 5.74) is 0.981. The average Bonchev–Trinajstić information content (AvgIpc) is 2.55. The molecule has 0 fully saturated rings. The van der Waals surface area contributed by atoms with Crippen molar-refractivity contribution in [3.05, 3.63) is 42.2 Å². The Morgan fingerprint density at radius 2 is 1.93 bits per heavy atom. The standard InChI is InChI=1S/C16H21N4O7PS/c1-10(2)18-16(21)20-29(25,26)15-9-17-7-6-13(15)19-12-4-5-14(11(3)8-12)27-28(22,23)24/h4-10H,1-3H3,(H,17,19)(H2,18,20,21)(H2,22,23,24). The summed E-state index contributed by atoms with van der Waals surface area (Å²) in [6.45, 7) is 4.94. The molecule has 0 aliphatic heterocycles. The number of aryl methyl sites for hydroxylation is 1. The fourth-order valence-electron chi connectivity index (χ4n) is 2.28. The molecule has 0 spiro atoms. The molecule has 0 radical (unpaired) electrons. The Labute approximate surface area is 167 Å². The molecule has 158 valence electrons. The lowest BCUT2D eigenvalue weighted by molar-refractivity contribution is 0.243. The number of pyridine rings is 1. The SMILES string of the molecule is Cc1cc(Nc2ccncc2S(=O)(=O)NC(=O)NC(C)C)ccc1OP(=O)(O)O. The van der Waals surface area contributed by atoms with E-state index in [2.05, 4.69) is 20.1 Å². The molecule has 1 aromatic carbocycles. The monoisotopic (exact) mass is 444 g/mol. The molecule has 2 amide bonds. The molecule has 0 unspecified atom stereocenters. The number of carbonyl (C=O) groups excluding carboxylic acids is 1. The number of phosphoric ester groups is 1. The normalized spacial score (nSPS) is 11.8. The quantitative estimate of drug-likeness (QED) is 0.401. The van der Waals surface area contributed by atoms with E-state index in [-0.39, 0.29) is 22.4 Å². The third-order valence-electron chi connectivity index (χ3n) is 3.39. The lowest BCUT2D eigenvalue weighted by atomic mass is 10.2. The molecule has 0 atom stereocenters. The van der Waals surface area contributed by atoms with Crippen molar-refractivity contribution < 1.29 is 32.1 Å².